The van der Waals surface area contributed by atoms with Gasteiger partial charge in [0, 0.05) is 13.2 Å². The predicted octanol–water partition coefficient (Wildman–Crippen LogP) is 1.52. The fraction of sp³-hybridized carbons (Fsp3) is 0.571. The zero-order chi connectivity index (χ0) is 12.1. The number of aliphatic hydroxyl groups is 1. The van der Waals surface area contributed by atoms with Gasteiger partial charge in [0.15, 0.2) is 0 Å². The second kappa shape index (κ2) is 6.15. The Morgan fingerprint density at radius 2 is 2.29 bits per heavy atom. The molecule has 0 fully saturated rings. The van der Waals surface area contributed by atoms with E-state index in [1.54, 1.807) is 0 Å². The Morgan fingerprint density at radius 1 is 1.47 bits per heavy atom. The molecule has 1 aromatic carbocycles. The van der Waals surface area contributed by atoms with Gasteiger partial charge in [-0.25, -0.2) is 0 Å². The van der Waals surface area contributed by atoms with E-state index < -0.39 is 0 Å². The van der Waals surface area contributed by atoms with Gasteiger partial charge in [-0.1, -0.05) is 31.2 Å². The minimum Gasteiger partial charge on any atom is -0.396 e. The van der Waals surface area contributed by atoms with E-state index in [9.17, 15) is 0 Å². The van der Waals surface area contributed by atoms with Crippen molar-refractivity contribution in [3.05, 3.63) is 35.4 Å². The molecule has 0 radical (unpaired) electrons. The molecule has 0 aliphatic carbocycles. The highest BCUT2D eigenvalue weighted by Gasteiger charge is 2.19. The molecule has 1 heterocycles. The molecule has 0 spiro atoms. The van der Waals surface area contributed by atoms with Crippen LogP contribution < -0.4 is 5.32 Å². The molecule has 2 N–H and O–H groups in total. The standard InChI is InChI=1S/C14H21NO2/c1-11(10-16)8-15-9-14-13-5-3-2-4-12(13)6-7-17-14/h2-5,11,14-16H,6-10H2,1H3. The van der Waals surface area contributed by atoms with Crippen LogP contribution in [0.3, 0.4) is 0 Å². The number of fused-ring (bicyclic) bond motifs is 1. The fourth-order valence-electron chi connectivity index (χ4n) is 2.17. The Hall–Kier alpha value is -0.900. The summed E-state index contributed by atoms with van der Waals surface area (Å²) >= 11 is 0. The van der Waals surface area contributed by atoms with E-state index >= 15 is 0 Å². The minimum absolute atomic E-state index is 0.158. The van der Waals surface area contributed by atoms with Crippen molar-refractivity contribution in [2.45, 2.75) is 19.4 Å². The summed E-state index contributed by atoms with van der Waals surface area (Å²) in [4.78, 5) is 0. The molecule has 1 aliphatic rings. The van der Waals surface area contributed by atoms with Crippen LogP contribution in [0.15, 0.2) is 24.3 Å². The number of hydrogen-bond donors (Lipinski definition) is 2. The predicted molar refractivity (Wildman–Crippen MR) is 68.0 cm³/mol. The van der Waals surface area contributed by atoms with E-state index in [0.29, 0.717) is 5.92 Å². The lowest BCUT2D eigenvalue weighted by molar-refractivity contribution is 0.0416. The topological polar surface area (TPSA) is 41.5 Å². The number of aliphatic hydroxyl groups excluding tert-OH is 1. The van der Waals surface area contributed by atoms with E-state index in [0.717, 1.165) is 26.1 Å². The lowest BCUT2D eigenvalue weighted by atomic mass is 9.97. The first-order valence-corrected chi connectivity index (χ1v) is 6.32. The quantitative estimate of drug-likeness (QED) is 0.813. The average molecular weight is 235 g/mol. The van der Waals surface area contributed by atoms with Crippen LogP contribution in [0.4, 0.5) is 0 Å². The van der Waals surface area contributed by atoms with Gasteiger partial charge in [0.1, 0.15) is 0 Å². The van der Waals surface area contributed by atoms with Crippen LogP contribution in [-0.2, 0) is 11.2 Å². The summed E-state index contributed by atoms with van der Waals surface area (Å²) in [5, 5.41) is 12.3. The van der Waals surface area contributed by atoms with Gasteiger partial charge in [-0.3, -0.25) is 0 Å². The summed E-state index contributed by atoms with van der Waals surface area (Å²) in [5.41, 5.74) is 2.71. The lowest BCUT2D eigenvalue weighted by Gasteiger charge is -2.26. The minimum atomic E-state index is 0.158. The molecule has 0 saturated heterocycles. The second-order valence-electron chi connectivity index (χ2n) is 4.75. The molecule has 2 unspecified atom stereocenters. The first-order chi connectivity index (χ1) is 8.31. The largest absolute Gasteiger partial charge is 0.396 e. The molecule has 17 heavy (non-hydrogen) atoms. The number of hydrogen-bond acceptors (Lipinski definition) is 3. The van der Waals surface area contributed by atoms with Crippen LogP contribution in [0.5, 0.6) is 0 Å². The second-order valence-corrected chi connectivity index (χ2v) is 4.75. The Balaban J connectivity index is 1.90. The molecular formula is C14H21NO2. The van der Waals surface area contributed by atoms with Crippen molar-refractivity contribution in [1.82, 2.24) is 5.32 Å². The molecule has 94 valence electrons. The molecule has 2 rings (SSSR count). The third-order valence-corrected chi connectivity index (χ3v) is 3.23. The molecule has 3 heteroatoms. The van der Waals surface area contributed by atoms with Crippen molar-refractivity contribution in [3.8, 4) is 0 Å². The molecule has 2 atom stereocenters. The molecule has 1 aliphatic heterocycles. The first-order valence-electron chi connectivity index (χ1n) is 6.32. The van der Waals surface area contributed by atoms with Crippen LogP contribution in [0.1, 0.15) is 24.2 Å². The average Bonchev–Trinajstić information content (AvgIpc) is 2.39. The van der Waals surface area contributed by atoms with Crippen molar-refractivity contribution in [2.75, 3.05) is 26.3 Å². The maximum atomic E-state index is 8.96. The van der Waals surface area contributed by atoms with Crippen molar-refractivity contribution < 1.29 is 9.84 Å². The van der Waals surface area contributed by atoms with E-state index in [-0.39, 0.29) is 12.7 Å². The fourth-order valence-corrected chi connectivity index (χ4v) is 2.17. The van der Waals surface area contributed by atoms with Crippen LogP contribution in [-0.4, -0.2) is 31.4 Å². The summed E-state index contributed by atoms with van der Waals surface area (Å²) in [6.45, 7) is 4.72. The van der Waals surface area contributed by atoms with Crippen molar-refractivity contribution in [1.29, 1.82) is 0 Å². The zero-order valence-electron chi connectivity index (χ0n) is 10.4. The maximum absolute atomic E-state index is 8.96. The molecule has 0 aromatic heterocycles. The molecule has 3 nitrogen and oxygen atoms in total. The summed E-state index contributed by atoms with van der Waals surface area (Å²) in [6, 6.07) is 8.48. The van der Waals surface area contributed by atoms with Crippen LogP contribution in [0, 0.1) is 5.92 Å². The van der Waals surface area contributed by atoms with Gasteiger partial charge in [0.25, 0.3) is 0 Å². The lowest BCUT2D eigenvalue weighted by Crippen LogP contribution is -2.31. The van der Waals surface area contributed by atoms with Crippen LogP contribution in [0.25, 0.3) is 0 Å². The highest BCUT2D eigenvalue weighted by atomic mass is 16.5. The Kier molecular flexibility index (Phi) is 4.54. The normalized spacial score (nSPS) is 20.9. The van der Waals surface area contributed by atoms with Gasteiger partial charge in [0.2, 0.25) is 0 Å². The van der Waals surface area contributed by atoms with E-state index in [1.165, 1.54) is 11.1 Å². The molecular weight excluding hydrogens is 214 g/mol. The summed E-state index contributed by atoms with van der Waals surface area (Å²) in [6.07, 6.45) is 1.17. The molecule has 1 aromatic rings. The summed E-state index contributed by atoms with van der Waals surface area (Å²) in [7, 11) is 0. The Morgan fingerprint density at radius 3 is 3.12 bits per heavy atom. The van der Waals surface area contributed by atoms with E-state index in [4.69, 9.17) is 9.84 Å². The third kappa shape index (κ3) is 3.28. The van der Waals surface area contributed by atoms with Crippen molar-refractivity contribution in [2.24, 2.45) is 5.92 Å². The van der Waals surface area contributed by atoms with E-state index in [2.05, 4.69) is 29.6 Å². The van der Waals surface area contributed by atoms with Crippen molar-refractivity contribution >= 4 is 0 Å². The van der Waals surface area contributed by atoms with Gasteiger partial charge in [0.05, 0.1) is 12.7 Å². The Bertz CT molecular complexity index is 354. The Labute approximate surface area is 103 Å². The summed E-state index contributed by atoms with van der Waals surface area (Å²) in [5.74, 6) is 0.300. The van der Waals surface area contributed by atoms with Gasteiger partial charge in [-0.15, -0.1) is 0 Å². The number of rotatable bonds is 5. The van der Waals surface area contributed by atoms with Crippen molar-refractivity contribution in [3.63, 3.8) is 0 Å². The van der Waals surface area contributed by atoms with Gasteiger partial charge in [-0.05, 0) is 30.0 Å². The van der Waals surface area contributed by atoms with Crippen LogP contribution in [0.2, 0.25) is 0 Å². The molecule has 0 saturated carbocycles. The first kappa shape index (κ1) is 12.6. The number of benzene rings is 1. The maximum Gasteiger partial charge on any atom is 0.0952 e. The van der Waals surface area contributed by atoms with Gasteiger partial charge >= 0.3 is 0 Å². The highest BCUT2D eigenvalue weighted by Crippen LogP contribution is 2.26. The van der Waals surface area contributed by atoms with Crippen LogP contribution >= 0.6 is 0 Å². The smallest absolute Gasteiger partial charge is 0.0952 e. The molecule has 0 bridgehead atoms. The monoisotopic (exact) mass is 235 g/mol. The van der Waals surface area contributed by atoms with E-state index in [1.807, 2.05) is 6.92 Å². The molecule has 0 amide bonds. The third-order valence-electron chi connectivity index (χ3n) is 3.23. The van der Waals surface area contributed by atoms with Gasteiger partial charge in [-0.2, -0.15) is 0 Å². The number of nitrogens with one attached hydrogen (secondary N) is 1. The number of ether oxygens (including phenoxy) is 1. The zero-order valence-corrected chi connectivity index (χ0v) is 10.4. The van der Waals surface area contributed by atoms with Gasteiger partial charge < -0.3 is 15.2 Å². The SMILES string of the molecule is CC(CO)CNCC1OCCc2ccccc21. The summed E-state index contributed by atoms with van der Waals surface area (Å²) < 4.78 is 5.79. The highest BCUT2D eigenvalue weighted by molar-refractivity contribution is 5.31.